The lowest BCUT2D eigenvalue weighted by Gasteiger charge is -2.27. The van der Waals surface area contributed by atoms with E-state index < -0.39 is 0 Å². The van der Waals surface area contributed by atoms with Crippen LogP contribution in [0, 0.1) is 0 Å². The quantitative estimate of drug-likeness (QED) is 0.874. The van der Waals surface area contributed by atoms with Crippen molar-refractivity contribution in [2.75, 3.05) is 19.6 Å². The van der Waals surface area contributed by atoms with Crippen molar-refractivity contribution in [2.24, 2.45) is 0 Å². The van der Waals surface area contributed by atoms with Crippen LogP contribution in [0.1, 0.15) is 42.4 Å². The predicted molar refractivity (Wildman–Crippen MR) is 96.1 cm³/mol. The number of rotatable bonds is 6. The van der Waals surface area contributed by atoms with Crippen molar-refractivity contribution in [1.29, 1.82) is 0 Å². The minimum Gasteiger partial charge on any atom is -0.355 e. The van der Waals surface area contributed by atoms with E-state index in [2.05, 4.69) is 50.9 Å². The molecule has 1 aliphatic rings. The van der Waals surface area contributed by atoms with Crippen LogP contribution in [0.2, 0.25) is 0 Å². The summed E-state index contributed by atoms with van der Waals surface area (Å²) >= 11 is 1.69. The van der Waals surface area contributed by atoms with E-state index in [1.807, 2.05) is 6.20 Å². The van der Waals surface area contributed by atoms with Gasteiger partial charge < -0.3 is 5.32 Å². The predicted octanol–water partition coefficient (Wildman–Crippen LogP) is 2.38. The van der Waals surface area contributed by atoms with E-state index in [4.69, 9.17) is 0 Å². The van der Waals surface area contributed by atoms with E-state index in [0.717, 1.165) is 37.4 Å². The van der Waals surface area contributed by atoms with Gasteiger partial charge in [0.1, 0.15) is 5.82 Å². The van der Waals surface area contributed by atoms with Crippen LogP contribution in [-0.2, 0) is 24.2 Å². The number of nitrogens with one attached hydrogen (secondary N) is 1. The fourth-order valence-corrected chi connectivity index (χ4v) is 3.53. The fourth-order valence-electron chi connectivity index (χ4n) is 2.83. The summed E-state index contributed by atoms with van der Waals surface area (Å²) in [5.74, 6) is 1.30. The summed E-state index contributed by atoms with van der Waals surface area (Å²) in [4.78, 5) is 23.4. The molecule has 1 amide bonds. The van der Waals surface area contributed by atoms with Crippen LogP contribution in [0.4, 0.5) is 0 Å². The maximum absolute atomic E-state index is 12.1. The molecule has 6 heteroatoms. The molecule has 3 rings (SSSR count). The Kier molecular flexibility index (Phi) is 5.58. The highest BCUT2D eigenvalue weighted by Gasteiger charge is 2.20. The molecule has 0 saturated carbocycles. The van der Waals surface area contributed by atoms with Crippen LogP contribution < -0.4 is 5.32 Å². The Labute approximate surface area is 147 Å². The first kappa shape index (κ1) is 17.0. The number of hydrogen-bond acceptors (Lipinski definition) is 5. The molecule has 0 saturated heterocycles. The summed E-state index contributed by atoms with van der Waals surface area (Å²) < 4.78 is 0. The molecule has 0 bridgehead atoms. The molecular formula is C18H24N4OS. The Hall–Kier alpha value is -1.79. The molecule has 3 heterocycles. The normalized spacial score (nSPS) is 14.6. The van der Waals surface area contributed by atoms with Crippen LogP contribution in [-0.4, -0.2) is 40.4 Å². The lowest BCUT2D eigenvalue weighted by atomic mass is 10.1. The highest BCUT2D eigenvalue weighted by molar-refractivity contribution is 7.07. The highest BCUT2D eigenvalue weighted by Crippen LogP contribution is 2.18. The van der Waals surface area contributed by atoms with Gasteiger partial charge in [0.05, 0.1) is 12.2 Å². The Morgan fingerprint density at radius 2 is 2.33 bits per heavy atom. The zero-order chi connectivity index (χ0) is 16.9. The van der Waals surface area contributed by atoms with Crippen LogP contribution in [0.15, 0.2) is 23.0 Å². The van der Waals surface area contributed by atoms with Crippen LogP contribution >= 0.6 is 11.3 Å². The number of nitrogens with zero attached hydrogens (tertiary/aromatic N) is 3. The third kappa shape index (κ3) is 4.39. The molecule has 0 fully saturated rings. The first-order valence-corrected chi connectivity index (χ1v) is 9.41. The molecule has 5 nitrogen and oxygen atoms in total. The van der Waals surface area contributed by atoms with Gasteiger partial charge in [-0.1, -0.05) is 13.8 Å². The van der Waals surface area contributed by atoms with E-state index in [1.165, 1.54) is 11.1 Å². The van der Waals surface area contributed by atoms with Crippen molar-refractivity contribution in [3.63, 3.8) is 0 Å². The van der Waals surface area contributed by atoms with Crippen molar-refractivity contribution in [3.05, 3.63) is 45.7 Å². The molecule has 0 unspecified atom stereocenters. The van der Waals surface area contributed by atoms with E-state index >= 15 is 0 Å². The molecule has 0 aliphatic carbocycles. The van der Waals surface area contributed by atoms with Crippen molar-refractivity contribution < 1.29 is 4.79 Å². The fraction of sp³-hybridized carbons (Fsp3) is 0.500. The van der Waals surface area contributed by atoms with Gasteiger partial charge in [-0.3, -0.25) is 9.69 Å². The molecule has 1 aliphatic heterocycles. The van der Waals surface area contributed by atoms with Crippen LogP contribution in [0.5, 0.6) is 0 Å². The molecule has 24 heavy (non-hydrogen) atoms. The summed E-state index contributed by atoms with van der Waals surface area (Å²) in [6, 6.07) is 2.10. The van der Waals surface area contributed by atoms with Crippen molar-refractivity contribution in [2.45, 2.75) is 39.2 Å². The van der Waals surface area contributed by atoms with Crippen LogP contribution in [0.25, 0.3) is 0 Å². The number of hydrogen-bond donors (Lipinski definition) is 1. The molecule has 1 N–H and O–H groups in total. The number of thiophene rings is 1. The highest BCUT2D eigenvalue weighted by atomic mass is 32.1. The van der Waals surface area contributed by atoms with Gasteiger partial charge in [-0.15, -0.1) is 0 Å². The SMILES string of the molecule is CC(C)c1ncc2c(n1)CN(CC(=O)NCCc1ccsc1)CC2. The average Bonchev–Trinajstić information content (AvgIpc) is 3.07. The van der Waals surface area contributed by atoms with Gasteiger partial charge in [-0.25, -0.2) is 9.97 Å². The maximum atomic E-state index is 12.1. The monoisotopic (exact) mass is 344 g/mol. The van der Waals surface area contributed by atoms with E-state index in [1.54, 1.807) is 11.3 Å². The molecule has 0 spiro atoms. The smallest absolute Gasteiger partial charge is 0.234 e. The number of fused-ring (bicyclic) bond motifs is 1. The van der Waals surface area contributed by atoms with Crippen molar-refractivity contribution in [3.8, 4) is 0 Å². The van der Waals surface area contributed by atoms with Gasteiger partial charge in [0.25, 0.3) is 0 Å². The summed E-state index contributed by atoms with van der Waals surface area (Å²) in [6.45, 7) is 6.95. The van der Waals surface area contributed by atoms with E-state index in [0.29, 0.717) is 19.0 Å². The molecular weight excluding hydrogens is 320 g/mol. The topological polar surface area (TPSA) is 58.1 Å². The average molecular weight is 344 g/mol. The summed E-state index contributed by atoms with van der Waals surface area (Å²) in [5.41, 5.74) is 3.57. The molecule has 0 radical (unpaired) electrons. The molecule has 2 aromatic rings. The molecule has 0 atom stereocenters. The minimum atomic E-state index is 0.0896. The van der Waals surface area contributed by atoms with Crippen molar-refractivity contribution >= 4 is 17.2 Å². The second-order valence-electron chi connectivity index (χ2n) is 6.55. The zero-order valence-electron chi connectivity index (χ0n) is 14.3. The lowest BCUT2D eigenvalue weighted by Crippen LogP contribution is -2.40. The molecule has 0 aromatic carbocycles. The largest absolute Gasteiger partial charge is 0.355 e. The van der Waals surface area contributed by atoms with E-state index in [9.17, 15) is 4.79 Å². The summed E-state index contributed by atoms with van der Waals surface area (Å²) in [5, 5.41) is 7.20. The first-order chi connectivity index (χ1) is 11.6. The van der Waals surface area contributed by atoms with Gasteiger partial charge in [0.2, 0.25) is 5.91 Å². The molecule has 2 aromatic heterocycles. The second kappa shape index (κ2) is 7.85. The summed E-state index contributed by atoms with van der Waals surface area (Å²) in [6.07, 6.45) is 3.76. The second-order valence-corrected chi connectivity index (χ2v) is 7.33. The van der Waals surface area contributed by atoms with Gasteiger partial charge >= 0.3 is 0 Å². The zero-order valence-corrected chi connectivity index (χ0v) is 15.1. The number of carbonyl (C=O) groups is 1. The Morgan fingerprint density at radius 3 is 3.08 bits per heavy atom. The maximum Gasteiger partial charge on any atom is 0.234 e. The standard InChI is InChI=1S/C18H24N4OS/c1-13(2)18-20-9-15-4-7-22(10-16(15)21-18)11-17(23)19-6-3-14-5-8-24-12-14/h5,8-9,12-13H,3-4,6-7,10-11H2,1-2H3,(H,19,23). The Morgan fingerprint density at radius 1 is 1.46 bits per heavy atom. The third-order valence-corrected chi connectivity index (χ3v) is 4.98. The van der Waals surface area contributed by atoms with E-state index in [-0.39, 0.29) is 5.91 Å². The number of amides is 1. The number of aromatic nitrogens is 2. The van der Waals surface area contributed by atoms with Crippen LogP contribution in [0.3, 0.4) is 0 Å². The number of carbonyl (C=O) groups excluding carboxylic acids is 1. The van der Waals surface area contributed by atoms with Gasteiger partial charge in [-0.2, -0.15) is 11.3 Å². The van der Waals surface area contributed by atoms with Gasteiger partial charge in [0.15, 0.2) is 0 Å². The lowest BCUT2D eigenvalue weighted by molar-refractivity contribution is -0.122. The van der Waals surface area contributed by atoms with Gasteiger partial charge in [0, 0.05) is 31.7 Å². The summed E-state index contributed by atoms with van der Waals surface area (Å²) in [7, 11) is 0. The van der Waals surface area contributed by atoms with Crippen molar-refractivity contribution in [1.82, 2.24) is 20.2 Å². The minimum absolute atomic E-state index is 0.0896. The third-order valence-electron chi connectivity index (χ3n) is 4.24. The molecule has 128 valence electrons. The first-order valence-electron chi connectivity index (χ1n) is 8.46. The Bertz CT molecular complexity index is 684. The van der Waals surface area contributed by atoms with Gasteiger partial charge in [-0.05, 0) is 40.8 Å². The Balaban J connectivity index is 1.49.